The number of benzene rings is 1. The van der Waals surface area contributed by atoms with Crippen molar-refractivity contribution in [3.8, 4) is 5.75 Å². The maximum atomic E-state index is 12.1. The molecule has 0 radical (unpaired) electrons. The van der Waals surface area contributed by atoms with Crippen LogP contribution in [0.4, 0.5) is 10.5 Å². The van der Waals surface area contributed by atoms with E-state index in [-0.39, 0.29) is 12.1 Å². The SMILES string of the molecule is CCCCCCC(C)OC(=O)/C=C/c1ccc(OC)cc1NC(=O)N(C)C. The molecule has 0 aliphatic carbocycles. The van der Waals surface area contributed by atoms with Crippen molar-refractivity contribution >= 4 is 23.8 Å². The molecule has 0 bridgehead atoms. The standard InChI is InChI=1S/C21H32N2O4/c1-6-7-8-9-10-16(2)27-20(24)14-12-17-11-13-18(26-5)15-19(17)22-21(25)23(3)4/h11-16H,6-10H2,1-5H3,(H,22,25)/b14-12+. The summed E-state index contributed by atoms with van der Waals surface area (Å²) in [6, 6.07) is 5.00. The highest BCUT2D eigenvalue weighted by molar-refractivity contribution is 5.94. The number of urea groups is 1. The molecule has 2 amide bonds. The molecule has 0 aromatic heterocycles. The van der Waals surface area contributed by atoms with Gasteiger partial charge in [0.1, 0.15) is 5.75 Å². The minimum atomic E-state index is -0.390. The van der Waals surface area contributed by atoms with Crippen LogP contribution < -0.4 is 10.1 Å². The van der Waals surface area contributed by atoms with Crippen molar-refractivity contribution < 1.29 is 19.1 Å². The van der Waals surface area contributed by atoms with Crippen LogP contribution in [0.25, 0.3) is 6.08 Å². The van der Waals surface area contributed by atoms with E-state index < -0.39 is 5.97 Å². The maximum absolute atomic E-state index is 12.1. The molecule has 150 valence electrons. The number of hydrogen-bond acceptors (Lipinski definition) is 4. The van der Waals surface area contributed by atoms with Crippen LogP contribution in [-0.4, -0.2) is 44.2 Å². The Morgan fingerprint density at radius 3 is 2.59 bits per heavy atom. The van der Waals surface area contributed by atoms with E-state index in [2.05, 4.69) is 12.2 Å². The number of anilines is 1. The summed E-state index contributed by atoms with van der Waals surface area (Å²) < 4.78 is 10.6. The minimum Gasteiger partial charge on any atom is -0.497 e. The zero-order valence-electron chi connectivity index (χ0n) is 17.1. The first-order valence-electron chi connectivity index (χ1n) is 9.42. The Balaban J connectivity index is 2.72. The fourth-order valence-electron chi connectivity index (χ4n) is 2.46. The summed E-state index contributed by atoms with van der Waals surface area (Å²) in [5.74, 6) is 0.225. The number of unbranched alkanes of at least 4 members (excludes halogenated alkanes) is 3. The number of rotatable bonds is 10. The first-order chi connectivity index (χ1) is 12.9. The number of hydrogen-bond donors (Lipinski definition) is 1. The van der Waals surface area contributed by atoms with Crippen LogP contribution in [0.1, 0.15) is 51.5 Å². The summed E-state index contributed by atoms with van der Waals surface area (Å²) >= 11 is 0. The lowest BCUT2D eigenvalue weighted by molar-refractivity contribution is -0.142. The molecule has 1 N–H and O–H groups in total. The van der Waals surface area contributed by atoms with Crippen molar-refractivity contribution in [3.63, 3.8) is 0 Å². The van der Waals surface area contributed by atoms with Crippen molar-refractivity contribution in [2.24, 2.45) is 0 Å². The maximum Gasteiger partial charge on any atom is 0.331 e. The fourth-order valence-corrected chi connectivity index (χ4v) is 2.46. The average molecular weight is 376 g/mol. The van der Waals surface area contributed by atoms with Crippen LogP contribution in [0.2, 0.25) is 0 Å². The zero-order valence-corrected chi connectivity index (χ0v) is 17.1. The molecule has 1 aromatic carbocycles. The third-order valence-electron chi connectivity index (χ3n) is 4.09. The Bertz CT molecular complexity index is 641. The van der Waals surface area contributed by atoms with E-state index in [1.807, 2.05) is 6.92 Å². The topological polar surface area (TPSA) is 67.9 Å². The van der Waals surface area contributed by atoms with Crippen LogP contribution in [-0.2, 0) is 9.53 Å². The molecular formula is C21H32N2O4. The Kier molecular flexibility index (Phi) is 10.0. The predicted molar refractivity (Wildman–Crippen MR) is 109 cm³/mol. The number of methoxy groups -OCH3 is 1. The summed E-state index contributed by atoms with van der Waals surface area (Å²) in [6.45, 7) is 4.08. The molecule has 0 aliphatic heterocycles. The predicted octanol–water partition coefficient (Wildman–Crippen LogP) is 4.70. The van der Waals surface area contributed by atoms with E-state index in [0.29, 0.717) is 17.0 Å². The number of nitrogens with zero attached hydrogens (tertiary/aromatic N) is 1. The summed E-state index contributed by atoms with van der Waals surface area (Å²) in [6.07, 6.45) is 8.40. The van der Waals surface area contributed by atoms with Gasteiger partial charge in [-0.05, 0) is 43.5 Å². The molecule has 6 heteroatoms. The Labute approximate surface area is 162 Å². The number of esters is 1. The molecule has 0 saturated heterocycles. The number of nitrogens with one attached hydrogen (secondary N) is 1. The van der Waals surface area contributed by atoms with Gasteiger partial charge in [0.05, 0.1) is 18.9 Å². The molecule has 6 nitrogen and oxygen atoms in total. The van der Waals surface area contributed by atoms with Gasteiger partial charge in [-0.15, -0.1) is 0 Å². The van der Waals surface area contributed by atoms with E-state index >= 15 is 0 Å². The monoisotopic (exact) mass is 376 g/mol. The number of carbonyl (C=O) groups is 2. The fraction of sp³-hybridized carbons (Fsp3) is 0.524. The molecular weight excluding hydrogens is 344 g/mol. The summed E-state index contributed by atoms with van der Waals surface area (Å²) in [5.41, 5.74) is 1.25. The van der Waals surface area contributed by atoms with Gasteiger partial charge in [0.15, 0.2) is 0 Å². The first-order valence-corrected chi connectivity index (χ1v) is 9.42. The van der Waals surface area contributed by atoms with Crippen LogP contribution in [0.5, 0.6) is 5.75 Å². The van der Waals surface area contributed by atoms with Gasteiger partial charge in [0, 0.05) is 26.2 Å². The minimum absolute atomic E-state index is 0.109. The molecule has 0 heterocycles. The zero-order chi connectivity index (χ0) is 20.2. The van der Waals surface area contributed by atoms with Crippen LogP contribution in [0, 0.1) is 0 Å². The number of amides is 2. The van der Waals surface area contributed by atoms with E-state index in [0.717, 1.165) is 19.3 Å². The molecule has 1 aromatic rings. The largest absolute Gasteiger partial charge is 0.497 e. The molecule has 1 unspecified atom stereocenters. The summed E-state index contributed by atoms with van der Waals surface area (Å²) in [7, 11) is 4.87. The lowest BCUT2D eigenvalue weighted by Gasteiger charge is -2.15. The Hall–Kier alpha value is -2.50. The molecule has 1 atom stereocenters. The average Bonchev–Trinajstić information content (AvgIpc) is 2.64. The normalized spacial score (nSPS) is 11.9. The van der Waals surface area contributed by atoms with Crippen molar-refractivity contribution in [1.29, 1.82) is 0 Å². The third-order valence-corrected chi connectivity index (χ3v) is 4.09. The lowest BCUT2D eigenvalue weighted by Crippen LogP contribution is -2.27. The van der Waals surface area contributed by atoms with Crippen molar-refractivity contribution in [3.05, 3.63) is 29.8 Å². The molecule has 27 heavy (non-hydrogen) atoms. The van der Waals surface area contributed by atoms with Crippen molar-refractivity contribution in [1.82, 2.24) is 4.90 Å². The van der Waals surface area contributed by atoms with Crippen molar-refractivity contribution in [2.75, 3.05) is 26.5 Å². The number of carbonyl (C=O) groups excluding carboxylic acids is 2. The molecule has 1 rings (SSSR count). The quantitative estimate of drug-likeness (QED) is 0.365. The number of ether oxygens (including phenoxy) is 2. The lowest BCUT2D eigenvalue weighted by atomic mass is 10.1. The molecule has 0 aliphatic rings. The summed E-state index contributed by atoms with van der Waals surface area (Å²) in [4.78, 5) is 25.4. The van der Waals surface area contributed by atoms with Gasteiger partial charge in [0.2, 0.25) is 0 Å². The van der Waals surface area contributed by atoms with Gasteiger partial charge < -0.3 is 19.7 Å². The van der Waals surface area contributed by atoms with Crippen LogP contribution in [0.15, 0.2) is 24.3 Å². The smallest absolute Gasteiger partial charge is 0.331 e. The van der Waals surface area contributed by atoms with Gasteiger partial charge in [-0.2, -0.15) is 0 Å². The van der Waals surface area contributed by atoms with Crippen LogP contribution in [0.3, 0.4) is 0 Å². The van der Waals surface area contributed by atoms with E-state index in [1.54, 1.807) is 45.5 Å². The van der Waals surface area contributed by atoms with E-state index in [1.165, 1.54) is 23.8 Å². The van der Waals surface area contributed by atoms with Crippen LogP contribution >= 0.6 is 0 Å². The second kappa shape index (κ2) is 12.0. The van der Waals surface area contributed by atoms with Gasteiger partial charge in [-0.3, -0.25) is 0 Å². The van der Waals surface area contributed by atoms with Gasteiger partial charge in [-0.25, -0.2) is 9.59 Å². The first kappa shape index (κ1) is 22.5. The van der Waals surface area contributed by atoms with Gasteiger partial charge >= 0.3 is 12.0 Å². The van der Waals surface area contributed by atoms with Gasteiger partial charge in [0.25, 0.3) is 0 Å². The highest BCUT2D eigenvalue weighted by Gasteiger charge is 2.10. The Morgan fingerprint density at radius 2 is 1.96 bits per heavy atom. The van der Waals surface area contributed by atoms with E-state index in [9.17, 15) is 9.59 Å². The summed E-state index contributed by atoms with van der Waals surface area (Å²) in [5, 5.41) is 2.79. The Morgan fingerprint density at radius 1 is 1.22 bits per heavy atom. The highest BCUT2D eigenvalue weighted by atomic mass is 16.5. The highest BCUT2D eigenvalue weighted by Crippen LogP contribution is 2.24. The van der Waals surface area contributed by atoms with Crippen molar-refractivity contribution in [2.45, 2.75) is 52.1 Å². The molecule has 0 saturated carbocycles. The second-order valence-corrected chi connectivity index (χ2v) is 6.71. The second-order valence-electron chi connectivity index (χ2n) is 6.71. The molecule has 0 fully saturated rings. The van der Waals surface area contributed by atoms with Gasteiger partial charge in [-0.1, -0.05) is 26.2 Å². The third kappa shape index (κ3) is 8.62. The van der Waals surface area contributed by atoms with E-state index in [4.69, 9.17) is 9.47 Å². The molecule has 0 spiro atoms.